The normalized spacial score (nSPS) is 10.3. The van der Waals surface area contributed by atoms with Crippen LogP contribution in [0.4, 0.5) is 0 Å². The van der Waals surface area contributed by atoms with E-state index in [1.165, 1.54) is 36.4 Å². The van der Waals surface area contributed by atoms with E-state index in [0.717, 1.165) is 0 Å². The van der Waals surface area contributed by atoms with Gasteiger partial charge < -0.3 is 10.2 Å². The quantitative estimate of drug-likeness (QED) is 0.827. The van der Waals surface area contributed by atoms with Gasteiger partial charge >= 0.3 is 0 Å². The molecule has 0 saturated carbocycles. The van der Waals surface area contributed by atoms with Crippen LogP contribution in [-0.2, 0) is 0 Å². The van der Waals surface area contributed by atoms with E-state index < -0.39 is 5.78 Å². The van der Waals surface area contributed by atoms with E-state index in [0.29, 0.717) is 10.0 Å². The minimum Gasteiger partial charge on any atom is -0.507 e. The van der Waals surface area contributed by atoms with Gasteiger partial charge in [-0.25, -0.2) is 0 Å². The van der Waals surface area contributed by atoms with Crippen molar-refractivity contribution in [2.24, 2.45) is 0 Å². The van der Waals surface area contributed by atoms with Gasteiger partial charge in [0.05, 0.1) is 11.1 Å². The molecule has 0 atom stereocenters. The van der Waals surface area contributed by atoms with Crippen molar-refractivity contribution in [2.75, 3.05) is 0 Å². The summed E-state index contributed by atoms with van der Waals surface area (Å²) < 4.78 is 0. The van der Waals surface area contributed by atoms with Crippen molar-refractivity contribution in [3.63, 3.8) is 0 Å². The molecule has 2 aromatic carbocycles. The van der Waals surface area contributed by atoms with Gasteiger partial charge in [-0.15, -0.1) is 0 Å². The van der Waals surface area contributed by atoms with Crippen LogP contribution < -0.4 is 0 Å². The predicted octanol–water partition coefficient (Wildman–Crippen LogP) is 3.64. The molecule has 0 bridgehead atoms. The standard InChI is InChI=1S/C13H8Cl2O3/c14-7-1-3-11(16)9(5-7)13(18)10-6-8(15)2-4-12(10)17/h1-6,16-17H. The summed E-state index contributed by atoms with van der Waals surface area (Å²) in [5.41, 5.74) is 0.0279. The molecule has 92 valence electrons. The van der Waals surface area contributed by atoms with Crippen molar-refractivity contribution < 1.29 is 15.0 Å². The minimum atomic E-state index is -0.546. The lowest BCUT2D eigenvalue weighted by Crippen LogP contribution is -2.02. The number of aromatic hydroxyl groups is 2. The fraction of sp³-hybridized carbons (Fsp3) is 0. The molecule has 3 nitrogen and oxygen atoms in total. The fourth-order valence-electron chi connectivity index (χ4n) is 1.53. The van der Waals surface area contributed by atoms with Crippen LogP contribution in [0.15, 0.2) is 36.4 Å². The molecule has 0 aliphatic heterocycles. The Morgan fingerprint density at radius 2 is 1.22 bits per heavy atom. The lowest BCUT2D eigenvalue weighted by atomic mass is 10.0. The number of carbonyl (C=O) groups excluding carboxylic acids is 1. The number of benzene rings is 2. The van der Waals surface area contributed by atoms with Gasteiger partial charge in [0.25, 0.3) is 0 Å². The Bertz CT molecular complexity index is 570. The smallest absolute Gasteiger partial charge is 0.200 e. The summed E-state index contributed by atoms with van der Waals surface area (Å²) in [6.45, 7) is 0. The summed E-state index contributed by atoms with van der Waals surface area (Å²) in [5.74, 6) is -0.956. The van der Waals surface area contributed by atoms with E-state index in [1.807, 2.05) is 0 Å². The van der Waals surface area contributed by atoms with Gasteiger partial charge in [-0.1, -0.05) is 23.2 Å². The Morgan fingerprint density at radius 3 is 1.61 bits per heavy atom. The number of phenols is 2. The fourth-order valence-corrected chi connectivity index (χ4v) is 1.87. The molecular formula is C13H8Cl2O3. The van der Waals surface area contributed by atoms with Gasteiger partial charge in [0.2, 0.25) is 5.78 Å². The van der Waals surface area contributed by atoms with Crippen molar-refractivity contribution in [3.8, 4) is 11.5 Å². The van der Waals surface area contributed by atoms with Crippen LogP contribution in [0, 0.1) is 0 Å². The Labute approximate surface area is 113 Å². The van der Waals surface area contributed by atoms with Crippen molar-refractivity contribution >= 4 is 29.0 Å². The molecule has 0 heterocycles. The van der Waals surface area contributed by atoms with Gasteiger partial charge in [-0.05, 0) is 36.4 Å². The van der Waals surface area contributed by atoms with Crippen LogP contribution in [-0.4, -0.2) is 16.0 Å². The topological polar surface area (TPSA) is 57.5 Å². The third-order valence-electron chi connectivity index (χ3n) is 2.41. The lowest BCUT2D eigenvalue weighted by Gasteiger charge is -2.06. The van der Waals surface area contributed by atoms with Crippen LogP contribution in [0.1, 0.15) is 15.9 Å². The van der Waals surface area contributed by atoms with Crippen LogP contribution >= 0.6 is 23.2 Å². The second-order valence-corrected chi connectivity index (χ2v) is 4.52. The molecule has 0 radical (unpaired) electrons. The van der Waals surface area contributed by atoms with Crippen LogP contribution in [0.25, 0.3) is 0 Å². The highest BCUT2D eigenvalue weighted by Crippen LogP contribution is 2.29. The number of rotatable bonds is 2. The SMILES string of the molecule is O=C(c1cc(Cl)ccc1O)c1cc(Cl)ccc1O. The molecule has 0 aromatic heterocycles. The zero-order valence-corrected chi connectivity index (χ0v) is 10.5. The maximum Gasteiger partial charge on any atom is 0.200 e. The Hall–Kier alpha value is -1.71. The maximum atomic E-state index is 12.2. The molecule has 18 heavy (non-hydrogen) atoms. The minimum absolute atomic E-state index is 0.0140. The van der Waals surface area contributed by atoms with Crippen LogP contribution in [0.3, 0.4) is 0 Å². The highest BCUT2D eigenvalue weighted by molar-refractivity contribution is 6.32. The number of phenolic OH excluding ortho intramolecular Hbond substituents is 2. The molecule has 2 N–H and O–H groups in total. The first kappa shape index (κ1) is 12.7. The summed E-state index contributed by atoms with van der Waals surface area (Å²) in [6, 6.07) is 8.23. The molecule has 2 rings (SSSR count). The van der Waals surface area contributed by atoms with E-state index in [2.05, 4.69) is 0 Å². The third-order valence-corrected chi connectivity index (χ3v) is 2.88. The first-order valence-corrected chi connectivity index (χ1v) is 5.76. The first-order chi connectivity index (χ1) is 8.49. The van der Waals surface area contributed by atoms with Gasteiger partial charge in [0.1, 0.15) is 11.5 Å². The first-order valence-electron chi connectivity index (χ1n) is 5.01. The second-order valence-electron chi connectivity index (χ2n) is 3.65. The molecule has 0 unspecified atom stereocenters. The highest BCUT2D eigenvalue weighted by Gasteiger charge is 2.17. The average Bonchev–Trinajstić information content (AvgIpc) is 2.34. The van der Waals surface area contributed by atoms with Crippen LogP contribution in [0.2, 0.25) is 10.0 Å². The summed E-state index contributed by atoms with van der Waals surface area (Å²) in [7, 11) is 0. The summed E-state index contributed by atoms with van der Waals surface area (Å²) >= 11 is 11.5. The maximum absolute atomic E-state index is 12.2. The zero-order valence-electron chi connectivity index (χ0n) is 9.02. The zero-order chi connectivity index (χ0) is 13.3. The van der Waals surface area contributed by atoms with Crippen molar-refractivity contribution in [1.29, 1.82) is 0 Å². The van der Waals surface area contributed by atoms with Crippen molar-refractivity contribution in [2.45, 2.75) is 0 Å². The molecule has 0 amide bonds. The summed E-state index contributed by atoms with van der Waals surface area (Å²) in [4.78, 5) is 12.2. The second kappa shape index (κ2) is 4.88. The molecule has 0 fully saturated rings. The van der Waals surface area contributed by atoms with E-state index in [9.17, 15) is 15.0 Å². The number of halogens is 2. The molecule has 0 aliphatic rings. The molecule has 2 aromatic rings. The van der Waals surface area contributed by atoms with Gasteiger partial charge in [0, 0.05) is 10.0 Å². The molecule has 5 heteroatoms. The van der Waals surface area contributed by atoms with E-state index in [1.54, 1.807) is 0 Å². The Morgan fingerprint density at radius 1 is 0.833 bits per heavy atom. The number of ketones is 1. The third kappa shape index (κ3) is 2.42. The molecule has 0 saturated heterocycles. The highest BCUT2D eigenvalue weighted by atomic mass is 35.5. The molecule has 0 spiro atoms. The number of hydrogen-bond acceptors (Lipinski definition) is 3. The Kier molecular flexibility index (Phi) is 3.45. The van der Waals surface area contributed by atoms with E-state index in [-0.39, 0.29) is 22.6 Å². The van der Waals surface area contributed by atoms with Gasteiger partial charge in [-0.3, -0.25) is 4.79 Å². The average molecular weight is 283 g/mol. The van der Waals surface area contributed by atoms with Crippen LogP contribution in [0.5, 0.6) is 11.5 Å². The van der Waals surface area contributed by atoms with Crippen molar-refractivity contribution in [1.82, 2.24) is 0 Å². The molecule has 0 aliphatic carbocycles. The predicted molar refractivity (Wildman–Crippen MR) is 69.7 cm³/mol. The number of hydrogen-bond donors (Lipinski definition) is 2. The monoisotopic (exact) mass is 282 g/mol. The Balaban J connectivity index is 2.54. The van der Waals surface area contributed by atoms with Crippen molar-refractivity contribution in [3.05, 3.63) is 57.6 Å². The lowest BCUT2D eigenvalue weighted by molar-refractivity contribution is 0.103. The van der Waals surface area contributed by atoms with E-state index in [4.69, 9.17) is 23.2 Å². The summed E-state index contributed by atoms with van der Waals surface area (Å²) in [5, 5.41) is 19.9. The number of carbonyl (C=O) groups is 1. The van der Waals surface area contributed by atoms with E-state index >= 15 is 0 Å². The molecular weight excluding hydrogens is 275 g/mol. The van der Waals surface area contributed by atoms with Gasteiger partial charge in [0.15, 0.2) is 0 Å². The largest absolute Gasteiger partial charge is 0.507 e. The summed E-state index contributed by atoms with van der Waals surface area (Å²) in [6.07, 6.45) is 0. The van der Waals surface area contributed by atoms with Gasteiger partial charge in [-0.2, -0.15) is 0 Å².